The zero-order valence-electron chi connectivity index (χ0n) is 30.0. The Kier molecular flexibility index (Phi) is 13.3. The molecule has 8 heteroatoms. The second kappa shape index (κ2) is 17.6. The fraction of sp³-hybridized carbons (Fsp3) is 0.405. The Morgan fingerprint density at radius 1 is 0.640 bits per heavy atom. The summed E-state index contributed by atoms with van der Waals surface area (Å²) in [7, 11) is -2.33. The van der Waals surface area contributed by atoms with Crippen LogP contribution in [-0.4, -0.2) is 57.8 Å². The van der Waals surface area contributed by atoms with Crippen molar-refractivity contribution in [2.45, 2.75) is 95.3 Å². The summed E-state index contributed by atoms with van der Waals surface area (Å²) in [6, 6.07) is 39.9. The Hall–Kier alpha value is -3.47. The van der Waals surface area contributed by atoms with Gasteiger partial charge in [-0.1, -0.05) is 142 Å². The number of benzene rings is 4. The summed E-state index contributed by atoms with van der Waals surface area (Å²) in [6.07, 6.45) is -2.04. The van der Waals surface area contributed by atoms with Gasteiger partial charge in [-0.15, -0.1) is 0 Å². The third-order valence-electron chi connectivity index (χ3n) is 9.74. The van der Waals surface area contributed by atoms with Crippen molar-refractivity contribution in [1.82, 2.24) is 0 Å². The van der Waals surface area contributed by atoms with E-state index in [-0.39, 0.29) is 31.5 Å². The van der Waals surface area contributed by atoms with Crippen molar-refractivity contribution in [2.75, 3.05) is 13.2 Å². The van der Waals surface area contributed by atoms with Crippen molar-refractivity contribution in [2.24, 2.45) is 0 Å². The van der Waals surface area contributed by atoms with E-state index in [1.54, 1.807) is 0 Å². The van der Waals surface area contributed by atoms with E-state index < -0.39 is 38.3 Å². The largest absolute Gasteiger partial charge is 0.413 e. The van der Waals surface area contributed by atoms with Gasteiger partial charge in [0.15, 0.2) is 20.2 Å². The minimum atomic E-state index is -2.33. The number of aldehydes is 1. The molecule has 7 nitrogen and oxygen atoms in total. The van der Waals surface area contributed by atoms with Crippen molar-refractivity contribution < 1.29 is 32.9 Å². The van der Waals surface area contributed by atoms with Crippen LogP contribution in [0, 0.1) is 0 Å². The molecule has 50 heavy (non-hydrogen) atoms. The van der Waals surface area contributed by atoms with Crippen molar-refractivity contribution in [3.05, 3.63) is 144 Å². The topological polar surface area (TPSA) is 72.5 Å². The van der Waals surface area contributed by atoms with Crippen LogP contribution in [0.15, 0.2) is 121 Å². The molecule has 1 aliphatic rings. The van der Waals surface area contributed by atoms with Gasteiger partial charge in [-0.25, -0.2) is 0 Å². The van der Waals surface area contributed by atoms with E-state index >= 15 is 0 Å². The lowest BCUT2D eigenvalue weighted by atomic mass is 9.85. The molecule has 3 unspecified atom stereocenters. The first-order valence-corrected chi connectivity index (χ1v) is 20.4. The standard InChI is InChI=1S/C42H52O7Si/c1-41(2,3)50(4,5)48-32-42(31-43)40(47-29-36-24-16-9-17-25-36)39(46-28-35-22-14-8-15-23-35)38(45-27-34-20-12-7-13-21-34)37(49-42)30-44-26-33-18-10-6-11-19-33/h6-25,31,37-40H,26-30,32H2,1-5H3/t37?,38-,39?,40?,42+/m0/s1. The molecule has 5 atom stereocenters. The molecule has 266 valence electrons. The van der Waals surface area contributed by atoms with Gasteiger partial charge in [-0.2, -0.15) is 0 Å². The van der Waals surface area contributed by atoms with Gasteiger partial charge in [0.25, 0.3) is 0 Å². The molecule has 0 N–H and O–H groups in total. The van der Waals surface area contributed by atoms with E-state index in [4.69, 9.17) is 28.1 Å². The van der Waals surface area contributed by atoms with Crippen molar-refractivity contribution in [3.8, 4) is 0 Å². The molecule has 4 aromatic carbocycles. The summed E-state index contributed by atoms with van der Waals surface area (Å²) in [5, 5.41) is -0.0884. The first-order chi connectivity index (χ1) is 24.1. The lowest BCUT2D eigenvalue weighted by molar-refractivity contribution is -0.300. The quantitative estimate of drug-likeness (QED) is 0.0812. The van der Waals surface area contributed by atoms with Crippen LogP contribution in [0.2, 0.25) is 18.1 Å². The Morgan fingerprint density at radius 3 is 1.50 bits per heavy atom. The van der Waals surface area contributed by atoms with E-state index in [2.05, 4.69) is 33.9 Å². The molecule has 0 amide bonds. The summed E-state index contributed by atoms with van der Waals surface area (Å²) in [5.41, 5.74) is 2.50. The molecule has 5 rings (SSSR count). The van der Waals surface area contributed by atoms with Crippen LogP contribution in [-0.2, 0) is 59.3 Å². The highest BCUT2D eigenvalue weighted by molar-refractivity contribution is 6.74. The van der Waals surface area contributed by atoms with Gasteiger partial charge in [0, 0.05) is 0 Å². The number of rotatable bonds is 17. The maximum Gasteiger partial charge on any atom is 0.192 e. The zero-order chi connectivity index (χ0) is 35.5. The summed E-state index contributed by atoms with van der Waals surface area (Å²) in [6.45, 7) is 12.3. The molecule has 4 aromatic rings. The van der Waals surface area contributed by atoms with E-state index in [9.17, 15) is 4.79 Å². The molecular formula is C42H52O7Si. The molecule has 1 heterocycles. The van der Waals surface area contributed by atoms with Crippen molar-refractivity contribution >= 4 is 14.6 Å². The van der Waals surface area contributed by atoms with Crippen LogP contribution in [0.5, 0.6) is 0 Å². The Morgan fingerprint density at radius 2 is 1.06 bits per heavy atom. The molecule has 1 aliphatic heterocycles. The Bertz CT molecular complexity index is 1560. The first-order valence-electron chi connectivity index (χ1n) is 17.5. The van der Waals surface area contributed by atoms with Gasteiger partial charge >= 0.3 is 0 Å². The second-order valence-electron chi connectivity index (χ2n) is 14.5. The molecule has 1 fully saturated rings. The molecular weight excluding hydrogens is 645 g/mol. The SMILES string of the molecule is CC(C)(C)[Si](C)(C)OC[C@@]1(C=O)OC(COCc2ccccc2)[C@H](OCc2ccccc2)C(OCc2ccccc2)C1OCc1ccccc1. The Labute approximate surface area is 299 Å². The highest BCUT2D eigenvalue weighted by atomic mass is 28.4. The van der Waals surface area contributed by atoms with Gasteiger partial charge < -0.3 is 28.1 Å². The van der Waals surface area contributed by atoms with Gasteiger partial charge in [0.2, 0.25) is 0 Å². The van der Waals surface area contributed by atoms with Crippen molar-refractivity contribution in [3.63, 3.8) is 0 Å². The van der Waals surface area contributed by atoms with Gasteiger partial charge in [0.1, 0.15) is 24.4 Å². The van der Waals surface area contributed by atoms with Gasteiger partial charge in [-0.3, -0.25) is 4.79 Å². The average molecular weight is 697 g/mol. The number of hydrogen-bond donors (Lipinski definition) is 0. The predicted octanol–water partition coefficient (Wildman–Crippen LogP) is 8.32. The predicted molar refractivity (Wildman–Crippen MR) is 198 cm³/mol. The summed E-state index contributed by atoms with van der Waals surface area (Å²) >= 11 is 0. The van der Waals surface area contributed by atoms with Crippen LogP contribution < -0.4 is 0 Å². The fourth-order valence-electron chi connectivity index (χ4n) is 5.74. The first kappa shape index (κ1) is 37.8. The zero-order valence-corrected chi connectivity index (χ0v) is 31.0. The normalized spacial score (nSPS) is 22.7. The summed E-state index contributed by atoms with van der Waals surface area (Å²) in [5.74, 6) is 0. The maximum atomic E-state index is 13.6. The van der Waals surface area contributed by atoms with Gasteiger partial charge in [0.05, 0.1) is 39.6 Å². The van der Waals surface area contributed by atoms with E-state index in [1.165, 1.54) is 0 Å². The van der Waals surface area contributed by atoms with Gasteiger partial charge in [-0.05, 0) is 40.4 Å². The monoisotopic (exact) mass is 696 g/mol. The second-order valence-corrected chi connectivity index (χ2v) is 19.3. The molecule has 0 saturated carbocycles. The summed E-state index contributed by atoms with van der Waals surface area (Å²) in [4.78, 5) is 13.6. The average Bonchev–Trinajstić information content (AvgIpc) is 3.13. The number of carbonyl (C=O) groups is 1. The van der Waals surface area contributed by atoms with Crippen LogP contribution >= 0.6 is 0 Å². The number of hydrogen-bond acceptors (Lipinski definition) is 7. The van der Waals surface area contributed by atoms with E-state index in [0.717, 1.165) is 28.5 Å². The lowest BCUT2D eigenvalue weighted by Crippen LogP contribution is -2.70. The lowest BCUT2D eigenvalue weighted by Gasteiger charge is -2.51. The highest BCUT2D eigenvalue weighted by Crippen LogP contribution is 2.41. The third kappa shape index (κ3) is 10.1. The highest BCUT2D eigenvalue weighted by Gasteiger charge is 2.58. The van der Waals surface area contributed by atoms with Crippen LogP contribution in [0.3, 0.4) is 0 Å². The smallest absolute Gasteiger partial charge is 0.192 e. The Balaban J connectivity index is 1.53. The molecule has 0 spiro atoms. The molecule has 1 saturated heterocycles. The molecule has 0 aliphatic carbocycles. The molecule has 0 aromatic heterocycles. The van der Waals surface area contributed by atoms with Crippen LogP contribution in [0.25, 0.3) is 0 Å². The number of carbonyl (C=O) groups excluding carboxylic acids is 1. The summed E-state index contributed by atoms with van der Waals surface area (Å²) < 4.78 is 40.4. The van der Waals surface area contributed by atoms with E-state index in [0.29, 0.717) is 13.2 Å². The third-order valence-corrected chi connectivity index (χ3v) is 14.2. The minimum absolute atomic E-state index is 0.0121. The minimum Gasteiger partial charge on any atom is -0.413 e. The van der Waals surface area contributed by atoms with Crippen LogP contribution in [0.4, 0.5) is 0 Å². The molecule has 0 radical (unpaired) electrons. The van der Waals surface area contributed by atoms with Crippen LogP contribution in [0.1, 0.15) is 43.0 Å². The maximum absolute atomic E-state index is 13.6. The molecule has 0 bridgehead atoms. The fourth-order valence-corrected chi connectivity index (χ4v) is 6.76. The van der Waals surface area contributed by atoms with Crippen molar-refractivity contribution in [1.29, 1.82) is 0 Å². The number of ether oxygens (including phenoxy) is 5. The van der Waals surface area contributed by atoms with E-state index in [1.807, 2.05) is 121 Å².